The molecule has 0 aliphatic rings. The van der Waals surface area contributed by atoms with Crippen LogP contribution in [0.2, 0.25) is 0 Å². The average molecular weight is 754 g/mol. The van der Waals surface area contributed by atoms with Crippen LogP contribution in [0.4, 0.5) is 0 Å². The molecule has 0 aromatic heterocycles. The van der Waals surface area contributed by atoms with Gasteiger partial charge in [0.15, 0.2) is 0 Å². The number of allylic oxidation sites excluding steroid dienone is 5. The maximum atomic E-state index is 12.6. The zero-order chi connectivity index (χ0) is 38.4. The molecule has 0 fully saturated rings. The van der Waals surface area contributed by atoms with Crippen LogP contribution in [0.5, 0.6) is 0 Å². The molecule has 0 aromatic carbocycles. The van der Waals surface area contributed by atoms with Crippen molar-refractivity contribution in [2.45, 2.75) is 231 Å². The summed E-state index contributed by atoms with van der Waals surface area (Å²) >= 11 is 0. The molecular weight excluding hydrogens is 671 g/mol. The predicted octanol–water partition coefficient (Wildman–Crippen LogP) is 11.9. The first kappa shape index (κ1) is 50.5. The lowest BCUT2D eigenvalue weighted by atomic mass is 10.0. The first-order chi connectivity index (χ1) is 25.2. The van der Waals surface area contributed by atoms with E-state index in [0.29, 0.717) is 12.8 Å². The number of aliphatic hydroxyl groups is 2. The number of nitrogens with one attached hydrogen (secondary N) is 1. The highest BCUT2D eigenvalue weighted by molar-refractivity contribution is 7.85. The molecule has 0 bridgehead atoms. The zero-order valence-electron chi connectivity index (χ0n) is 33.8. The fourth-order valence-corrected chi connectivity index (χ4v) is 7.26. The van der Waals surface area contributed by atoms with E-state index in [1.165, 1.54) is 147 Å². The molecule has 52 heavy (non-hydrogen) atoms. The Morgan fingerprint density at radius 1 is 0.519 bits per heavy atom. The Balaban J connectivity index is 4.04. The molecule has 0 saturated heterocycles. The van der Waals surface area contributed by atoms with Gasteiger partial charge in [-0.25, -0.2) is 0 Å². The van der Waals surface area contributed by atoms with Crippen LogP contribution in [0.1, 0.15) is 213 Å². The first-order valence-corrected chi connectivity index (χ1v) is 23.4. The van der Waals surface area contributed by atoms with Gasteiger partial charge in [-0.3, -0.25) is 9.35 Å². The van der Waals surface area contributed by atoms with Crippen LogP contribution in [0.3, 0.4) is 0 Å². The van der Waals surface area contributed by atoms with E-state index in [-0.39, 0.29) is 6.42 Å². The Bertz CT molecular complexity index is 979. The molecule has 8 heteroatoms. The summed E-state index contributed by atoms with van der Waals surface area (Å²) in [6.07, 6.45) is 46.3. The Morgan fingerprint density at radius 3 is 1.29 bits per heavy atom. The van der Waals surface area contributed by atoms with Crippen LogP contribution in [0.15, 0.2) is 36.5 Å². The van der Waals surface area contributed by atoms with E-state index >= 15 is 0 Å². The van der Waals surface area contributed by atoms with Gasteiger partial charge in [-0.1, -0.05) is 192 Å². The van der Waals surface area contributed by atoms with E-state index in [1.54, 1.807) is 6.08 Å². The average Bonchev–Trinajstić information content (AvgIpc) is 3.11. The first-order valence-electron chi connectivity index (χ1n) is 21.8. The SMILES string of the molecule is CCCCCC/C=C\CCCCCCCCC(O)C(=O)NC(CS(=O)(=O)O)C(O)/C=C/CC/C=C/CCCCCCCCCCCCCCCCC. The van der Waals surface area contributed by atoms with Gasteiger partial charge in [0, 0.05) is 0 Å². The third kappa shape index (κ3) is 36.9. The van der Waals surface area contributed by atoms with Gasteiger partial charge in [-0.05, 0) is 57.8 Å². The molecule has 7 nitrogen and oxygen atoms in total. The van der Waals surface area contributed by atoms with Crippen LogP contribution < -0.4 is 5.32 Å². The molecule has 0 aromatic rings. The fourth-order valence-electron chi connectivity index (χ4n) is 6.53. The van der Waals surface area contributed by atoms with Crippen molar-refractivity contribution in [1.82, 2.24) is 5.32 Å². The Hall–Kier alpha value is -1.48. The quantitative estimate of drug-likeness (QED) is 0.0281. The molecule has 0 spiro atoms. The van der Waals surface area contributed by atoms with Crippen molar-refractivity contribution in [2.75, 3.05) is 5.75 Å². The van der Waals surface area contributed by atoms with Gasteiger partial charge < -0.3 is 15.5 Å². The van der Waals surface area contributed by atoms with E-state index in [0.717, 1.165) is 38.5 Å². The molecule has 0 aliphatic carbocycles. The zero-order valence-corrected chi connectivity index (χ0v) is 34.6. The molecule has 0 saturated carbocycles. The summed E-state index contributed by atoms with van der Waals surface area (Å²) in [5, 5.41) is 23.4. The van der Waals surface area contributed by atoms with Crippen molar-refractivity contribution in [3.8, 4) is 0 Å². The smallest absolute Gasteiger partial charge is 0.267 e. The van der Waals surface area contributed by atoms with Crippen molar-refractivity contribution in [3.63, 3.8) is 0 Å². The van der Waals surface area contributed by atoms with E-state index in [2.05, 4.69) is 43.5 Å². The summed E-state index contributed by atoms with van der Waals surface area (Å²) in [5.74, 6) is -1.56. The van der Waals surface area contributed by atoms with Crippen LogP contribution in [0.25, 0.3) is 0 Å². The van der Waals surface area contributed by atoms with Crippen molar-refractivity contribution < 1.29 is 28.0 Å². The number of hydrogen-bond acceptors (Lipinski definition) is 5. The monoisotopic (exact) mass is 754 g/mol. The summed E-state index contributed by atoms with van der Waals surface area (Å²) in [6, 6.07) is -1.25. The van der Waals surface area contributed by atoms with Crippen LogP contribution in [0, 0.1) is 0 Å². The highest BCUT2D eigenvalue weighted by atomic mass is 32.2. The number of amides is 1. The molecule has 0 rings (SSSR count). The molecule has 0 aliphatic heterocycles. The summed E-state index contributed by atoms with van der Waals surface area (Å²) in [4.78, 5) is 12.6. The van der Waals surface area contributed by atoms with Crippen molar-refractivity contribution in [1.29, 1.82) is 0 Å². The topological polar surface area (TPSA) is 124 Å². The molecule has 3 unspecified atom stereocenters. The number of carbonyl (C=O) groups is 1. The maximum Gasteiger partial charge on any atom is 0.267 e. The van der Waals surface area contributed by atoms with Gasteiger partial charge in [0.25, 0.3) is 10.1 Å². The lowest BCUT2D eigenvalue weighted by Crippen LogP contribution is -2.50. The summed E-state index contributed by atoms with van der Waals surface area (Å²) in [7, 11) is -4.45. The summed E-state index contributed by atoms with van der Waals surface area (Å²) in [5.41, 5.74) is 0. The minimum Gasteiger partial charge on any atom is -0.387 e. The van der Waals surface area contributed by atoms with Gasteiger partial charge >= 0.3 is 0 Å². The highest BCUT2D eigenvalue weighted by Gasteiger charge is 2.27. The van der Waals surface area contributed by atoms with Gasteiger partial charge in [0.05, 0.1) is 17.9 Å². The molecule has 0 heterocycles. The van der Waals surface area contributed by atoms with Gasteiger partial charge in [-0.15, -0.1) is 0 Å². The lowest BCUT2D eigenvalue weighted by molar-refractivity contribution is -0.130. The molecule has 1 amide bonds. The van der Waals surface area contributed by atoms with E-state index in [1.807, 2.05) is 0 Å². The molecular formula is C44H83NO6S. The van der Waals surface area contributed by atoms with Crippen LogP contribution in [-0.4, -0.2) is 53.1 Å². The highest BCUT2D eigenvalue weighted by Crippen LogP contribution is 2.15. The predicted molar refractivity (Wildman–Crippen MR) is 222 cm³/mol. The second kappa shape index (κ2) is 37.8. The van der Waals surface area contributed by atoms with Crippen LogP contribution in [-0.2, 0) is 14.9 Å². The Labute approximate surface area is 321 Å². The minimum atomic E-state index is -4.45. The van der Waals surface area contributed by atoms with Gasteiger partial charge in [0.2, 0.25) is 5.91 Å². The summed E-state index contributed by atoms with van der Waals surface area (Å²) in [6.45, 7) is 4.50. The lowest BCUT2D eigenvalue weighted by Gasteiger charge is -2.22. The second-order valence-electron chi connectivity index (χ2n) is 15.1. The van der Waals surface area contributed by atoms with Crippen molar-refractivity contribution in [3.05, 3.63) is 36.5 Å². The maximum absolute atomic E-state index is 12.6. The standard InChI is InChI=1S/C44H83NO6S/c1-3-5-7-9-11-13-15-17-19-20-21-22-23-24-25-27-28-30-32-34-36-38-42(46)41(40-52(49,50)51)45-44(48)43(47)39-37-35-33-31-29-26-18-16-14-12-10-8-6-4-2/h14,16,28,30,36,38,41-43,46-47H,3-13,15,17-27,29,31-35,37,39-40H2,1-2H3,(H,45,48)(H,49,50,51)/b16-14-,30-28+,38-36+. The van der Waals surface area contributed by atoms with Crippen molar-refractivity contribution in [2.24, 2.45) is 0 Å². The minimum absolute atomic E-state index is 0.267. The normalized spacial score (nSPS) is 14.2. The van der Waals surface area contributed by atoms with Crippen molar-refractivity contribution >= 4 is 16.0 Å². The molecule has 4 N–H and O–H groups in total. The number of aliphatic hydroxyl groups excluding tert-OH is 2. The Kier molecular flexibility index (Phi) is 36.7. The second-order valence-corrected chi connectivity index (χ2v) is 16.6. The Morgan fingerprint density at radius 2 is 0.865 bits per heavy atom. The third-order valence-corrected chi connectivity index (χ3v) is 10.7. The summed E-state index contributed by atoms with van der Waals surface area (Å²) < 4.78 is 32.5. The van der Waals surface area contributed by atoms with Gasteiger partial charge in [0.1, 0.15) is 6.10 Å². The fraction of sp³-hybridized carbons (Fsp3) is 0.841. The number of rotatable bonds is 39. The van der Waals surface area contributed by atoms with E-state index in [4.69, 9.17) is 0 Å². The number of carbonyl (C=O) groups excluding carboxylic acids is 1. The molecule has 306 valence electrons. The molecule has 0 radical (unpaired) electrons. The van der Waals surface area contributed by atoms with E-state index in [9.17, 15) is 28.0 Å². The number of hydrogen-bond donors (Lipinski definition) is 4. The van der Waals surface area contributed by atoms with Gasteiger partial charge in [-0.2, -0.15) is 8.42 Å². The number of unbranched alkanes of at least 4 members (excludes halogenated alkanes) is 26. The largest absolute Gasteiger partial charge is 0.387 e. The molecule has 3 atom stereocenters. The third-order valence-electron chi connectivity index (χ3n) is 9.90. The van der Waals surface area contributed by atoms with E-state index < -0.39 is 40.0 Å². The van der Waals surface area contributed by atoms with Crippen LogP contribution >= 0.6 is 0 Å².